The van der Waals surface area contributed by atoms with Crippen LogP contribution >= 0.6 is 0 Å². The third kappa shape index (κ3) is 2.68. The van der Waals surface area contributed by atoms with Crippen LogP contribution in [-0.4, -0.2) is 42.7 Å². The first kappa shape index (κ1) is 13.3. The second kappa shape index (κ2) is 5.54. The van der Waals surface area contributed by atoms with Gasteiger partial charge in [-0.2, -0.15) is 0 Å². The largest absolute Gasteiger partial charge is 0.504 e. The molecule has 1 rings (SSSR count). The highest BCUT2D eigenvalue weighted by Crippen LogP contribution is 2.30. The van der Waals surface area contributed by atoms with Gasteiger partial charge in [0.1, 0.15) is 0 Å². The molecule has 0 radical (unpaired) electrons. The van der Waals surface area contributed by atoms with Gasteiger partial charge in [0.05, 0.1) is 12.7 Å². The maximum absolute atomic E-state index is 12.1. The topological polar surface area (TPSA) is 75.8 Å². The minimum atomic E-state index is -0.278. The molecule has 0 heterocycles. The van der Waals surface area contributed by atoms with Crippen LogP contribution in [0.4, 0.5) is 0 Å². The Labute approximate surface area is 101 Å². The molecule has 3 N–H and O–H groups in total. The number of hydrogen-bond donors (Lipinski definition) is 2. The Hall–Kier alpha value is -1.75. The molecule has 0 bridgehead atoms. The van der Waals surface area contributed by atoms with E-state index in [4.69, 9.17) is 10.5 Å². The van der Waals surface area contributed by atoms with Crippen molar-refractivity contribution in [2.75, 3.05) is 20.7 Å². The fourth-order valence-corrected chi connectivity index (χ4v) is 1.41. The first-order valence-corrected chi connectivity index (χ1v) is 5.36. The van der Waals surface area contributed by atoms with E-state index in [2.05, 4.69) is 0 Å². The predicted octanol–water partition coefficient (Wildman–Crippen LogP) is 0.820. The van der Waals surface area contributed by atoms with Gasteiger partial charge in [-0.05, 0) is 19.1 Å². The van der Waals surface area contributed by atoms with Gasteiger partial charge in [-0.1, -0.05) is 6.07 Å². The molecule has 0 aromatic heterocycles. The van der Waals surface area contributed by atoms with Crippen LogP contribution in [-0.2, 0) is 0 Å². The minimum Gasteiger partial charge on any atom is -0.504 e. The molecule has 94 valence electrons. The highest BCUT2D eigenvalue weighted by atomic mass is 16.5. The number of amides is 1. The molecular formula is C12H18N2O3. The van der Waals surface area contributed by atoms with E-state index < -0.39 is 0 Å². The Bertz CT molecular complexity index is 407. The highest BCUT2D eigenvalue weighted by molar-refractivity contribution is 5.97. The van der Waals surface area contributed by atoms with Crippen molar-refractivity contribution in [3.05, 3.63) is 23.8 Å². The molecule has 0 spiro atoms. The van der Waals surface area contributed by atoms with Gasteiger partial charge in [-0.3, -0.25) is 4.79 Å². The molecule has 1 amide bonds. The average molecular weight is 238 g/mol. The molecule has 0 saturated heterocycles. The monoisotopic (exact) mass is 238 g/mol. The van der Waals surface area contributed by atoms with Crippen molar-refractivity contribution < 1.29 is 14.6 Å². The lowest BCUT2D eigenvalue weighted by atomic mass is 10.1. The smallest absolute Gasteiger partial charge is 0.257 e. The van der Waals surface area contributed by atoms with Crippen molar-refractivity contribution in [2.24, 2.45) is 5.73 Å². The lowest BCUT2D eigenvalue weighted by Crippen LogP contribution is -2.39. The Morgan fingerprint density at radius 1 is 1.59 bits per heavy atom. The number of carbonyl (C=O) groups is 1. The van der Waals surface area contributed by atoms with Crippen LogP contribution in [0.3, 0.4) is 0 Å². The van der Waals surface area contributed by atoms with E-state index in [0.717, 1.165) is 0 Å². The number of nitrogens with zero attached hydrogens (tertiary/aromatic N) is 1. The molecule has 5 nitrogen and oxygen atoms in total. The number of hydrogen-bond acceptors (Lipinski definition) is 4. The second-order valence-corrected chi connectivity index (χ2v) is 3.86. The summed E-state index contributed by atoms with van der Waals surface area (Å²) in [4.78, 5) is 13.6. The van der Waals surface area contributed by atoms with E-state index in [1.165, 1.54) is 12.0 Å². The molecule has 0 aliphatic heterocycles. The first-order chi connectivity index (χ1) is 8.02. The molecule has 5 heteroatoms. The molecule has 1 aromatic carbocycles. The summed E-state index contributed by atoms with van der Waals surface area (Å²) in [5.41, 5.74) is 5.72. The van der Waals surface area contributed by atoms with E-state index in [1.54, 1.807) is 25.2 Å². The van der Waals surface area contributed by atoms with Gasteiger partial charge < -0.3 is 20.5 Å². The summed E-state index contributed by atoms with van der Waals surface area (Å²) in [6, 6.07) is 4.72. The fourth-order valence-electron chi connectivity index (χ4n) is 1.41. The van der Waals surface area contributed by atoms with E-state index in [-0.39, 0.29) is 29.0 Å². The maximum atomic E-state index is 12.1. The Morgan fingerprint density at radius 3 is 2.76 bits per heavy atom. The standard InChI is InChI=1S/C12H18N2O3/c1-8(7-13)14(2)12(16)9-5-4-6-10(17-3)11(9)15/h4-6,8,15H,7,13H2,1-3H3. The van der Waals surface area contributed by atoms with Crippen molar-refractivity contribution in [1.29, 1.82) is 0 Å². The van der Waals surface area contributed by atoms with Crippen LogP contribution in [0.2, 0.25) is 0 Å². The zero-order chi connectivity index (χ0) is 13.0. The van der Waals surface area contributed by atoms with Crippen LogP contribution in [0.15, 0.2) is 18.2 Å². The molecule has 0 saturated carbocycles. The van der Waals surface area contributed by atoms with Crippen molar-refractivity contribution >= 4 is 5.91 Å². The van der Waals surface area contributed by atoms with Gasteiger partial charge in [-0.15, -0.1) is 0 Å². The quantitative estimate of drug-likeness (QED) is 0.814. The van der Waals surface area contributed by atoms with Gasteiger partial charge in [-0.25, -0.2) is 0 Å². The summed E-state index contributed by atoms with van der Waals surface area (Å²) in [6.45, 7) is 2.21. The van der Waals surface area contributed by atoms with Crippen molar-refractivity contribution in [3.63, 3.8) is 0 Å². The number of benzene rings is 1. The lowest BCUT2D eigenvalue weighted by Gasteiger charge is -2.24. The molecule has 1 atom stereocenters. The molecule has 0 fully saturated rings. The van der Waals surface area contributed by atoms with Crippen LogP contribution in [0.25, 0.3) is 0 Å². The zero-order valence-electron chi connectivity index (χ0n) is 10.3. The molecule has 1 unspecified atom stereocenters. The Balaban J connectivity index is 3.04. The van der Waals surface area contributed by atoms with Crippen LogP contribution in [0, 0.1) is 0 Å². The van der Waals surface area contributed by atoms with Gasteiger partial charge in [0.25, 0.3) is 5.91 Å². The predicted molar refractivity (Wildman–Crippen MR) is 65.3 cm³/mol. The highest BCUT2D eigenvalue weighted by Gasteiger charge is 2.21. The SMILES string of the molecule is COc1cccc(C(=O)N(C)C(C)CN)c1O. The summed E-state index contributed by atoms with van der Waals surface area (Å²) in [5.74, 6) is -0.139. The summed E-state index contributed by atoms with van der Waals surface area (Å²) in [6.07, 6.45) is 0. The van der Waals surface area contributed by atoms with E-state index in [1.807, 2.05) is 6.92 Å². The zero-order valence-corrected chi connectivity index (χ0v) is 10.3. The number of likely N-dealkylation sites (N-methyl/N-ethyl adjacent to an activating group) is 1. The number of carbonyl (C=O) groups excluding carboxylic acids is 1. The van der Waals surface area contributed by atoms with Gasteiger partial charge in [0.15, 0.2) is 11.5 Å². The van der Waals surface area contributed by atoms with E-state index in [9.17, 15) is 9.90 Å². The van der Waals surface area contributed by atoms with Crippen LogP contribution in [0.1, 0.15) is 17.3 Å². The third-order valence-electron chi connectivity index (χ3n) is 2.77. The molecule has 0 aliphatic rings. The van der Waals surface area contributed by atoms with Crippen molar-refractivity contribution in [3.8, 4) is 11.5 Å². The third-order valence-corrected chi connectivity index (χ3v) is 2.77. The molecule has 1 aromatic rings. The number of nitrogens with two attached hydrogens (primary N) is 1. The maximum Gasteiger partial charge on any atom is 0.257 e. The second-order valence-electron chi connectivity index (χ2n) is 3.86. The molecular weight excluding hydrogens is 220 g/mol. The number of para-hydroxylation sites is 1. The number of aromatic hydroxyl groups is 1. The number of rotatable bonds is 4. The van der Waals surface area contributed by atoms with Crippen molar-refractivity contribution in [2.45, 2.75) is 13.0 Å². The summed E-state index contributed by atoms with van der Waals surface area (Å²) in [5, 5.41) is 9.86. The summed E-state index contributed by atoms with van der Waals surface area (Å²) < 4.78 is 4.96. The minimum absolute atomic E-state index is 0.0897. The van der Waals surface area contributed by atoms with Crippen molar-refractivity contribution in [1.82, 2.24) is 4.90 Å². The van der Waals surface area contributed by atoms with Crippen LogP contribution in [0.5, 0.6) is 11.5 Å². The average Bonchev–Trinajstić information content (AvgIpc) is 2.36. The number of phenols is 1. The Kier molecular flexibility index (Phi) is 4.34. The number of ether oxygens (including phenoxy) is 1. The van der Waals surface area contributed by atoms with Gasteiger partial charge in [0.2, 0.25) is 0 Å². The van der Waals surface area contributed by atoms with Gasteiger partial charge >= 0.3 is 0 Å². The van der Waals surface area contributed by atoms with Crippen LogP contribution < -0.4 is 10.5 Å². The van der Waals surface area contributed by atoms with E-state index in [0.29, 0.717) is 6.54 Å². The van der Waals surface area contributed by atoms with E-state index >= 15 is 0 Å². The normalized spacial score (nSPS) is 12.0. The summed E-state index contributed by atoms with van der Waals surface area (Å²) >= 11 is 0. The number of phenolic OH excluding ortho intramolecular Hbond substituents is 1. The molecule has 0 aliphatic carbocycles. The first-order valence-electron chi connectivity index (χ1n) is 5.36. The van der Waals surface area contributed by atoms with Gasteiger partial charge in [0, 0.05) is 19.6 Å². The fraction of sp³-hybridized carbons (Fsp3) is 0.417. The molecule has 17 heavy (non-hydrogen) atoms. The summed E-state index contributed by atoms with van der Waals surface area (Å²) in [7, 11) is 3.09. The Morgan fingerprint density at radius 2 is 2.24 bits per heavy atom. The number of methoxy groups -OCH3 is 1. The lowest BCUT2D eigenvalue weighted by molar-refractivity contribution is 0.0744.